The summed E-state index contributed by atoms with van der Waals surface area (Å²) in [7, 11) is 1.74. The number of aromatic nitrogens is 2. The van der Waals surface area contributed by atoms with E-state index in [9.17, 15) is 0 Å². The first-order valence-corrected chi connectivity index (χ1v) is 6.70. The highest BCUT2D eigenvalue weighted by Gasteiger charge is 2.28. The highest BCUT2D eigenvalue weighted by molar-refractivity contribution is 7.09. The van der Waals surface area contributed by atoms with Crippen LogP contribution in [0.2, 0.25) is 0 Å². The number of anilines is 1. The van der Waals surface area contributed by atoms with Crippen LogP contribution in [0.3, 0.4) is 0 Å². The largest absolute Gasteiger partial charge is 0.383 e. The summed E-state index contributed by atoms with van der Waals surface area (Å²) >= 11 is 1.47. The van der Waals surface area contributed by atoms with Gasteiger partial charge in [0, 0.05) is 24.6 Å². The standard InChI is InChI=1S/C11H19N3OS/c1-3-4-9(7-15-2)12-11-13-10(14-16-11)8-5-6-8/h8-9H,3-7H2,1-2H3,(H,12,13,14). The molecule has 5 heteroatoms. The van der Waals surface area contributed by atoms with Gasteiger partial charge in [-0.3, -0.25) is 0 Å². The minimum absolute atomic E-state index is 0.356. The van der Waals surface area contributed by atoms with Crippen molar-refractivity contribution in [3.63, 3.8) is 0 Å². The summed E-state index contributed by atoms with van der Waals surface area (Å²) in [5.41, 5.74) is 0. The quantitative estimate of drug-likeness (QED) is 0.797. The molecule has 0 spiro atoms. The Morgan fingerprint density at radius 3 is 3.00 bits per heavy atom. The third-order valence-electron chi connectivity index (χ3n) is 2.72. The van der Waals surface area contributed by atoms with Crippen LogP contribution >= 0.6 is 11.5 Å². The van der Waals surface area contributed by atoms with E-state index in [1.807, 2.05) is 0 Å². The molecule has 0 saturated heterocycles. The van der Waals surface area contributed by atoms with Crippen molar-refractivity contribution in [3.05, 3.63) is 5.82 Å². The first-order chi connectivity index (χ1) is 7.83. The molecule has 2 rings (SSSR count). The van der Waals surface area contributed by atoms with Crippen molar-refractivity contribution in [2.24, 2.45) is 0 Å². The minimum atomic E-state index is 0.356. The fraction of sp³-hybridized carbons (Fsp3) is 0.818. The van der Waals surface area contributed by atoms with E-state index in [0.29, 0.717) is 12.0 Å². The molecule has 1 aliphatic rings. The van der Waals surface area contributed by atoms with E-state index < -0.39 is 0 Å². The van der Waals surface area contributed by atoms with Crippen LogP contribution in [0.15, 0.2) is 0 Å². The summed E-state index contributed by atoms with van der Waals surface area (Å²) in [4.78, 5) is 4.52. The van der Waals surface area contributed by atoms with Gasteiger partial charge in [0.25, 0.3) is 0 Å². The van der Waals surface area contributed by atoms with E-state index in [1.54, 1.807) is 7.11 Å². The normalized spacial score (nSPS) is 17.4. The Hall–Kier alpha value is -0.680. The van der Waals surface area contributed by atoms with Crippen LogP contribution in [0.25, 0.3) is 0 Å². The Labute approximate surface area is 101 Å². The van der Waals surface area contributed by atoms with Gasteiger partial charge in [-0.2, -0.15) is 4.37 Å². The molecule has 90 valence electrons. The van der Waals surface area contributed by atoms with Crippen LogP contribution in [0.4, 0.5) is 5.13 Å². The number of hydrogen-bond donors (Lipinski definition) is 1. The number of rotatable bonds is 7. The molecule has 1 heterocycles. The summed E-state index contributed by atoms with van der Waals surface area (Å²) in [5, 5.41) is 4.35. The zero-order valence-electron chi connectivity index (χ0n) is 9.90. The van der Waals surface area contributed by atoms with Crippen molar-refractivity contribution < 1.29 is 4.74 Å². The molecular weight excluding hydrogens is 222 g/mol. The van der Waals surface area contributed by atoms with Gasteiger partial charge in [0.05, 0.1) is 12.6 Å². The number of methoxy groups -OCH3 is 1. The predicted molar refractivity (Wildman–Crippen MR) is 66.1 cm³/mol. The topological polar surface area (TPSA) is 47.0 Å². The first kappa shape index (κ1) is 11.8. The van der Waals surface area contributed by atoms with Crippen LogP contribution in [0.5, 0.6) is 0 Å². The van der Waals surface area contributed by atoms with E-state index in [2.05, 4.69) is 21.6 Å². The fourth-order valence-electron chi connectivity index (χ4n) is 1.72. The Balaban J connectivity index is 1.89. The lowest BCUT2D eigenvalue weighted by atomic mass is 10.2. The molecular formula is C11H19N3OS. The molecule has 0 aliphatic heterocycles. The number of ether oxygens (including phenoxy) is 1. The van der Waals surface area contributed by atoms with Gasteiger partial charge in [-0.25, -0.2) is 4.98 Å². The lowest BCUT2D eigenvalue weighted by molar-refractivity contribution is 0.182. The molecule has 0 aromatic carbocycles. The molecule has 0 bridgehead atoms. The van der Waals surface area contributed by atoms with Crippen molar-refractivity contribution in [3.8, 4) is 0 Å². The zero-order valence-corrected chi connectivity index (χ0v) is 10.7. The molecule has 1 atom stereocenters. The molecule has 1 saturated carbocycles. The van der Waals surface area contributed by atoms with Crippen molar-refractivity contribution in [2.75, 3.05) is 19.0 Å². The summed E-state index contributed by atoms with van der Waals surface area (Å²) < 4.78 is 9.57. The third kappa shape index (κ3) is 3.15. The Morgan fingerprint density at radius 2 is 2.38 bits per heavy atom. The van der Waals surface area contributed by atoms with Crippen molar-refractivity contribution in [2.45, 2.75) is 44.6 Å². The summed E-state index contributed by atoms with van der Waals surface area (Å²) in [5.74, 6) is 1.67. The van der Waals surface area contributed by atoms with E-state index in [-0.39, 0.29) is 0 Å². The second kappa shape index (κ2) is 5.59. The van der Waals surface area contributed by atoms with Gasteiger partial charge in [0.2, 0.25) is 5.13 Å². The Morgan fingerprint density at radius 1 is 1.56 bits per heavy atom. The van der Waals surface area contributed by atoms with Crippen molar-refractivity contribution in [1.82, 2.24) is 9.36 Å². The molecule has 1 fully saturated rings. The van der Waals surface area contributed by atoms with Gasteiger partial charge < -0.3 is 10.1 Å². The van der Waals surface area contributed by atoms with Gasteiger partial charge in [0.15, 0.2) is 0 Å². The molecule has 0 radical (unpaired) electrons. The van der Waals surface area contributed by atoms with Crippen LogP contribution in [-0.2, 0) is 4.74 Å². The van der Waals surface area contributed by atoms with E-state index in [1.165, 1.54) is 24.4 Å². The maximum absolute atomic E-state index is 5.19. The summed E-state index contributed by atoms with van der Waals surface area (Å²) in [6, 6.07) is 0.356. The van der Waals surface area contributed by atoms with Crippen LogP contribution in [0.1, 0.15) is 44.3 Å². The lowest BCUT2D eigenvalue weighted by Crippen LogP contribution is -2.24. The van der Waals surface area contributed by atoms with Gasteiger partial charge in [-0.1, -0.05) is 13.3 Å². The van der Waals surface area contributed by atoms with E-state index in [0.717, 1.165) is 30.4 Å². The highest BCUT2D eigenvalue weighted by Crippen LogP contribution is 2.39. The van der Waals surface area contributed by atoms with Crippen LogP contribution < -0.4 is 5.32 Å². The lowest BCUT2D eigenvalue weighted by Gasteiger charge is -2.15. The number of hydrogen-bond acceptors (Lipinski definition) is 5. The monoisotopic (exact) mass is 241 g/mol. The molecule has 16 heavy (non-hydrogen) atoms. The average Bonchev–Trinajstić information content (AvgIpc) is 3.01. The summed E-state index contributed by atoms with van der Waals surface area (Å²) in [6.45, 7) is 2.91. The number of nitrogens with zero attached hydrogens (tertiary/aromatic N) is 2. The third-order valence-corrected chi connectivity index (χ3v) is 3.38. The minimum Gasteiger partial charge on any atom is -0.383 e. The van der Waals surface area contributed by atoms with Crippen molar-refractivity contribution >= 4 is 16.7 Å². The maximum atomic E-state index is 5.19. The number of nitrogens with one attached hydrogen (secondary N) is 1. The SMILES string of the molecule is CCCC(COC)Nc1nc(C2CC2)ns1. The van der Waals surface area contributed by atoms with Gasteiger partial charge in [-0.05, 0) is 19.3 Å². The smallest absolute Gasteiger partial charge is 0.202 e. The first-order valence-electron chi connectivity index (χ1n) is 5.92. The molecule has 0 amide bonds. The molecule has 1 aromatic rings. The van der Waals surface area contributed by atoms with Gasteiger partial charge >= 0.3 is 0 Å². The Bertz CT molecular complexity index is 319. The highest BCUT2D eigenvalue weighted by atomic mass is 32.1. The average molecular weight is 241 g/mol. The molecule has 1 unspecified atom stereocenters. The van der Waals surface area contributed by atoms with E-state index >= 15 is 0 Å². The van der Waals surface area contributed by atoms with Crippen LogP contribution in [-0.4, -0.2) is 29.1 Å². The molecule has 1 N–H and O–H groups in total. The Kier molecular flexibility index (Phi) is 4.12. The summed E-state index contributed by atoms with van der Waals surface area (Å²) in [6.07, 6.45) is 4.76. The van der Waals surface area contributed by atoms with E-state index in [4.69, 9.17) is 4.74 Å². The van der Waals surface area contributed by atoms with Gasteiger partial charge in [0.1, 0.15) is 5.82 Å². The maximum Gasteiger partial charge on any atom is 0.202 e. The predicted octanol–water partition coefficient (Wildman–Crippen LogP) is 2.64. The molecule has 1 aromatic heterocycles. The van der Waals surface area contributed by atoms with Crippen molar-refractivity contribution in [1.29, 1.82) is 0 Å². The van der Waals surface area contributed by atoms with Gasteiger partial charge in [-0.15, -0.1) is 0 Å². The van der Waals surface area contributed by atoms with Crippen LogP contribution in [0, 0.1) is 0 Å². The molecule has 1 aliphatic carbocycles. The second-order valence-corrected chi connectivity index (χ2v) is 5.07. The second-order valence-electron chi connectivity index (χ2n) is 4.32. The zero-order chi connectivity index (χ0) is 11.4. The molecule has 4 nitrogen and oxygen atoms in total. The fourth-order valence-corrected chi connectivity index (χ4v) is 2.45.